The van der Waals surface area contributed by atoms with E-state index in [0.717, 1.165) is 0 Å². The highest BCUT2D eigenvalue weighted by Gasteiger charge is 2.46. The first-order valence-corrected chi connectivity index (χ1v) is 13.3. The number of nitrogens with one attached hydrogen (secondary N) is 1. The van der Waals surface area contributed by atoms with E-state index in [2.05, 4.69) is 20.4 Å². The lowest BCUT2D eigenvalue weighted by Crippen LogP contribution is -2.56. The van der Waals surface area contributed by atoms with Crippen molar-refractivity contribution >= 4 is 27.7 Å². The maximum Gasteiger partial charge on any atom is 0.272 e. The van der Waals surface area contributed by atoms with Crippen molar-refractivity contribution < 1.29 is 23.1 Å². The standard InChI is InChI=1S/C22H31N7O5S/c1-22(2)20(31)29(15-4-5-16(30)10-15)19-18(34-22)12-23-21(26-19)25-14-6-8-28(9-7-14)35(32,33)17-11-24-27(3)13-17/h11-16,30H,4-10H2,1-3H3,(H,23,25,26). The second-order valence-corrected chi connectivity index (χ2v) is 11.9. The summed E-state index contributed by atoms with van der Waals surface area (Å²) in [7, 11) is -1.89. The summed E-state index contributed by atoms with van der Waals surface area (Å²) < 4.78 is 34.5. The summed E-state index contributed by atoms with van der Waals surface area (Å²) in [6.45, 7) is 4.16. The molecule has 2 aliphatic heterocycles. The molecule has 0 radical (unpaired) electrons. The number of nitrogens with zero attached hydrogens (tertiary/aromatic N) is 6. The second kappa shape index (κ2) is 8.71. The van der Waals surface area contributed by atoms with E-state index in [-0.39, 0.29) is 22.9 Å². The van der Waals surface area contributed by atoms with Gasteiger partial charge in [-0.2, -0.15) is 14.4 Å². The van der Waals surface area contributed by atoms with Crippen LogP contribution in [-0.2, 0) is 21.9 Å². The van der Waals surface area contributed by atoms with Gasteiger partial charge >= 0.3 is 0 Å². The number of piperidine rings is 1. The molecule has 35 heavy (non-hydrogen) atoms. The quantitative estimate of drug-likeness (QED) is 0.606. The van der Waals surface area contributed by atoms with Crippen molar-refractivity contribution in [2.24, 2.45) is 7.05 Å². The molecular formula is C22H31N7O5S. The van der Waals surface area contributed by atoms with E-state index in [1.54, 1.807) is 32.0 Å². The number of anilines is 2. The van der Waals surface area contributed by atoms with Crippen molar-refractivity contribution in [2.75, 3.05) is 23.3 Å². The molecule has 0 aromatic carbocycles. The van der Waals surface area contributed by atoms with Gasteiger partial charge in [0.25, 0.3) is 5.91 Å². The fraction of sp³-hybridized carbons (Fsp3) is 0.636. The van der Waals surface area contributed by atoms with Crippen LogP contribution >= 0.6 is 0 Å². The van der Waals surface area contributed by atoms with E-state index in [1.165, 1.54) is 21.4 Å². The zero-order valence-corrected chi connectivity index (χ0v) is 20.9. The van der Waals surface area contributed by atoms with Crippen LogP contribution in [0.3, 0.4) is 0 Å². The fourth-order valence-electron chi connectivity index (χ4n) is 4.99. The van der Waals surface area contributed by atoms with E-state index in [9.17, 15) is 18.3 Å². The third-order valence-electron chi connectivity index (χ3n) is 6.91. The number of aryl methyl sites for hydroxylation is 1. The van der Waals surface area contributed by atoms with Crippen LogP contribution in [0.5, 0.6) is 5.75 Å². The lowest BCUT2D eigenvalue weighted by molar-refractivity contribution is -0.133. The average Bonchev–Trinajstić information content (AvgIpc) is 3.44. The van der Waals surface area contributed by atoms with Gasteiger partial charge in [-0.15, -0.1) is 0 Å². The topological polar surface area (TPSA) is 143 Å². The summed E-state index contributed by atoms with van der Waals surface area (Å²) in [4.78, 5) is 24.1. The van der Waals surface area contributed by atoms with Crippen molar-refractivity contribution in [1.82, 2.24) is 24.1 Å². The number of ether oxygens (including phenoxy) is 1. The minimum atomic E-state index is -3.58. The Morgan fingerprint density at radius 2 is 1.91 bits per heavy atom. The van der Waals surface area contributed by atoms with Crippen LogP contribution in [0.15, 0.2) is 23.5 Å². The van der Waals surface area contributed by atoms with Crippen LogP contribution in [0.1, 0.15) is 46.0 Å². The number of aliphatic hydroxyl groups is 1. The van der Waals surface area contributed by atoms with Crippen LogP contribution in [0, 0.1) is 0 Å². The van der Waals surface area contributed by atoms with E-state index >= 15 is 0 Å². The van der Waals surface area contributed by atoms with Gasteiger partial charge in [0.2, 0.25) is 16.0 Å². The lowest BCUT2D eigenvalue weighted by atomic mass is 10.0. The van der Waals surface area contributed by atoms with Crippen molar-refractivity contribution in [3.8, 4) is 5.75 Å². The Kier molecular flexibility index (Phi) is 5.96. The maximum atomic E-state index is 13.2. The van der Waals surface area contributed by atoms with Gasteiger partial charge in [-0.25, -0.2) is 13.4 Å². The average molecular weight is 506 g/mol. The first-order chi connectivity index (χ1) is 16.5. The minimum Gasteiger partial charge on any atom is -0.472 e. The molecule has 1 saturated carbocycles. The number of sulfonamides is 1. The van der Waals surface area contributed by atoms with Gasteiger partial charge < -0.3 is 15.2 Å². The Morgan fingerprint density at radius 1 is 1.17 bits per heavy atom. The third kappa shape index (κ3) is 4.47. The highest BCUT2D eigenvalue weighted by Crippen LogP contribution is 2.40. The Morgan fingerprint density at radius 3 is 2.54 bits per heavy atom. The van der Waals surface area contributed by atoms with Gasteiger partial charge in [0.15, 0.2) is 17.2 Å². The van der Waals surface area contributed by atoms with Crippen LogP contribution in [0.25, 0.3) is 0 Å². The molecule has 2 N–H and O–H groups in total. The predicted molar refractivity (Wildman–Crippen MR) is 126 cm³/mol. The van der Waals surface area contributed by atoms with Crippen LogP contribution in [0.4, 0.5) is 11.8 Å². The monoisotopic (exact) mass is 505 g/mol. The van der Waals surface area contributed by atoms with Crippen LogP contribution in [0.2, 0.25) is 0 Å². The Labute approximate surface area is 204 Å². The fourth-order valence-corrected chi connectivity index (χ4v) is 6.45. The normalized spacial score (nSPS) is 25.4. The number of hydrogen-bond donors (Lipinski definition) is 2. The summed E-state index contributed by atoms with van der Waals surface area (Å²) >= 11 is 0. The predicted octanol–water partition coefficient (Wildman–Crippen LogP) is 0.893. The molecule has 190 valence electrons. The SMILES string of the molecule is Cn1cc(S(=O)(=O)N2CCC(Nc3ncc4c(n3)N(C3CCC(O)C3)C(=O)C(C)(C)O4)CC2)cn1. The molecule has 2 aromatic heterocycles. The molecule has 5 rings (SSSR count). The number of amides is 1. The molecule has 4 heterocycles. The number of carbonyl (C=O) groups excluding carboxylic acids is 1. The molecule has 13 heteroatoms. The number of carbonyl (C=O) groups is 1. The van der Waals surface area contributed by atoms with E-state index < -0.39 is 21.7 Å². The van der Waals surface area contributed by atoms with Gasteiger partial charge in [0.05, 0.1) is 18.5 Å². The number of fused-ring (bicyclic) bond motifs is 1. The van der Waals surface area contributed by atoms with Gasteiger partial charge in [-0.3, -0.25) is 14.4 Å². The van der Waals surface area contributed by atoms with Crippen molar-refractivity contribution in [2.45, 2.75) is 74.6 Å². The molecule has 1 saturated heterocycles. The van der Waals surface area contributed by atoms with Gasteiger partial charge in [-0.05, 0) is 46.0 Å². The molecule has 1 aliphatic carbocycles. The van der Waals surface area contributed by atoms with Crippen LogP contribution in [-0.4, -0.2) is 80.4 Å². The number of aliphatic hydroxyl groups excluding tert-OH is 1. The zero-order valence-electron chi connectivity index (χ0n) is 20.1. The molecule has 0 bridgehead atoms. The Bertz CT molecular complexity index is 1220. The summed E-state index contributed by atoms with van der Waals surface area (Å²) in [5.74, 6) is 1.00. The molecule has 1 amide bonds. The van der Waals surface area contributed by atoms with E-state index in [4.69, 9.17) is 4.74 Å². The van der Waals surface area contributed by atoms with Gasteiger partial charge in [0.1, 0.15) is 4.90 Å². The van der Waals surface area contributed by atoms with Crippen molar-refractivity contribution in [1.29, 1.82) is 0 Å². The smallest absolute Gasteiger partial charge is 0.272 e. The van der Waals surface area contributed by atoms with Gasteiger partial charge in [0, 0.05) is 38.4 Å². The number of rotatable bonds is 5. The van der Waals surface area contributed by atoms with Crippen molar-refractivity contribution in [3.63, 3.8) is 0 Å². The van der Waals surface area contributed by atoms with E-state index in [1.807, 2.05) is 0 Å². The molecule has 12 nitrogen and oxygen atoms in total. The second-order valence-electron chi connectivity index (χ2n) is 9.96. The first kappa shape index (κ1) is 23.9. The molecule has 2 atom stereocenters. The summed E-state index contributed by atoms with van der Waals surface area (Å²) in [5, 5.41) is 17.3. The largest absolute Gasteiger partial charge is 0.472 e. The Hall–Kier alpha value is -2.77. The molecule has 0 spiro atoms. The van der Waals surface area contributed by atoms with Crippen molar-refractivity contribution in [3.05, 3.63) is 18.6 Å². The first-order valence-electron chi connectivity index (χ1n) is 11.9. The summed E-state index contributed by atoms with van der Waals surface area (Å²) in [5.41, 5.74) is -1.05. The lowest BCUT2D eigenvalue weighted by Gasteiger charge is -2.40. The number of aromatic nitrogens is 4. The molecular weight excluding hydrogens is 474 g/mol. The summed E-state index contributed by atoms with van der Waals surface area (Å²) in [6.07, 6.45) is 7.00. The molecule has 2 fully saturated rings. The molecule has 2 unspecified atom stereocenters. The summed E-state index contributed by atoms with van der Waals surface area (Å²) in [6, 6.07) is -0.171. The van der Waals surface area contributed by atoms with Gasteiger partial charge in [-0.1, -0.05) is 0 Å². The molecule has 2 aromatic rings. The van der Waals surface area contributed by atoms with E-state index in [0.29, 0.717) is 62.7 Å². The highest BCUT2D eigenvalue weighted by atomic mass is 32.2. The van der Waals surface area contributed by atoms with Crippen LogP contribution < -0.4 is 15.0 Å². The minimum absolute atomic E-state index is 0.0215. The number of hydrogen-bond acceptors (Lipinski definition) is 9. The molecule has 3 aliphatic rings. The highest BCUT2D eigenvalue weighted by molar-refractivity contribution is 7.89. The zero-order chi connectivity index (χ0) is 25.0. The third-order valence-corrected chi connectivity index (χ3v) is 8.76. The Balaban J connectivity index is 1.30. The maximum absolute atomic E-state index is 13.2.